The van der Waals surface area contributed by atoms with Gasteiger partial charge in [0.15, 0.2) is 5.82 Å². The third kappa shape index (κ3) is 2.26. The zero-order chi connectivity index (χ0) is 13.1. The minimum absolute atomic E-state index is 0.0647. The Morgan fingerprint density at radius 1 is 1.33 bits per heavy atom. The van der Waals surface area contributed by atoms with Gasteiger partial charge in [0.05, 0.1) is 5.02 Å². The first kappa shape index (κ1) is 12.7. The van der Waals surface area contributed by atoms with Crippen molar-refractivity contribution in [2.24, 2.45) is 0 Å². The largest absolute Gasteiger partial charge is 0.506 e. The van der Waals surface area contributed by atoms with E-state index in [1.54, 1.807) is 18.2 Å². The van der Waals surface area contributed by atoms with Crippen LogP contribution < -0.4 is 5.32 Å². The molecule has 0 aliphatic rings. The summed E-state index contributed by atoms with van der Waals surface area (Å²) in [7, 11) is 0. The zero-order valence-electron chi connectivity index (χ0n) is 10.3. The predicted molar refractivity (Wildman–Crippen MR) is 72.0 cm³/mol. The Balaban J connectivity index is 2.46. The van der Waals surface area contributed by atoms with E-state index >= 15 is 0 Å². The maximum absolute atomic E-state index is 9.42. The molecule has 1 aromatic heterocycles. The van der Waals surface area contributed by atoms with Crippen LogP contribution in [0.3, 0.4) is 0 Å². The van der Waals surface area contributed by atoms with Gasteiger partial charge in [0.1, 0.15) is 5.75 Å². The minimum Gasteiger partial charge on any atom is -0.506 e. The lowest BCUT2D eigenvalue weighted by Crippen LogP contribution is -2.06. The molecule has 0 saturated heterocycles. The zero-order valence-corrected chi connectivity index (χ0v) is 11.1. The van der Waals surface area contributed by atoms with Crippen LogP contribution in [-0.4, -0.2) is 26.4 Å². The van der Waals surface area contributed by atoms with Gasteiger partial charge in [0, 0.05) is 18.7 Å². The van der Waals surface area contributed by atoms with Crippen LogP contribution in [0.25, 0.3) is 11.4 Å². The Bertz CT molecular complexity index is 553. The van der Waals surface area contributed by atoms with Gasteiger partial charge in [0.25, 0.3) is 0 Å². The Labute approximate surface area is 110 Å². The highest BCUT2D eigenvalue weighted by Crippen LogP contribution is 2.29. The molecule has 0 saturated carbocycles. The maximum Gasteiger partial charge on any atom is 0.224 e. The highest BCUT2D eigenvalue weighted by Gasteiger charge is 2.13. The first-order valence-electron chi connectivity index (χ1n) is 5.83. The summed E-state index contributed by atoms with van der Waals surface area (Å²) in [6, 6.07) is 5.01. The minimum atomic E-state index is 0.0647. The highest BCUT2D eigenvalue weighted by atomic mass is 35.5. The third-order valence-corrected chi connectivity index (χ3v) is 2.91. The van der Waals surface area contributed by atoms with E-state index < -0.39 is 0 Å². The van der Waals surface area contributed by atoms with Gasteiger partial charge in [-0.05, 0) is 32.0 Å². The number of hydrogen-bond acceptors (Lipinski definition) is 4. The smallest absolute Gasteiger partial charge is 0.224 e. The molecule has 1 heterocycles. The maximum atomic E-state index is 9.42. The van der Waals surface area contributed by atoms with E-state index in [1.807, 2.05) is 18.4 Å². The molecular formula is C12H15ClN4O. The standard InChI is InChI=1S/C12H15ClN4O/c1-3-14-12-16-15-11(17(12)4-2)8-5-6-10(18)9(13)7-8/h5-7,18H,3-4H2,1-2H3,(H,14,16). The van der Waals surface area contributed by atoms with Crippen molar-refractivity contribution in [3.05, 3.63) is 23.2 Å². The normalized spacial score (nSPS) is 10.6. The molecule has 6 heteroatoms. The van der Waals surface area contributed by atoms with Crippen molar-refractivity contribution in [2.75, 3.05) is 11.9 Å². The Kier molecular flexibility index (Phi) is 3.72. The highest BCUT2D eigenvalue weighted by molar-refractivity contribution is 6.32. The van der Waals surface area contributed by atoms with Gasteiger partial charge in [-0.2, -0.15) is 0 Å². The van der Waals surface area contributed by atoms with Crippen LogP contribution in [0.4, 0.5) is 5.95 Å². The van der Waals surface area contributed by atoms with Gasteiger partial charge in [-0.3, -0.25) is 4.57 Å². The second-order valence-corrected chi connectivity index (χ2v) is 4.20. The number of phenolic OH excluding ortho intramolecular Hbond substituents is 1. The average molecular weight is 267 g/mol. The summed E-state index contributed by atoms with van der Waals surface area (Å²) in [4.78, 5) is 0. The van der Waals surface area contributed by atoms with Gasteiger partial charge >= 0.3 is 0 Å². The Morgan fingerprint density at radius 2 is 2.11 bits per heavy atom. The van der Waals surface area contributed by atoms with Crippen LogP contribution in [0.2, 0.25) is 5.02 Å². The summed E-state index contributed by atoms with van der Waals surface area (Å²) in [5.74, 6) is 1.53. The Hall–Kier alpha value is -1.75. The molecule has 2 N–H and O–H groups in total. The van der Waals surface area contributed by atoms with Gasteiger partial charge < -0.3 is 10.4 Å². The predicted octanol–water partition coefficient (Wildman–Crippen LogP) is 2.76. The number of nitrogens with zero attached hydrogens (tertiary/aromatic N) is 3. The molecule has 18 heavy (non-hydrogen) atoms. The summed E-state index contributed by atoms with van der Waals surface area (Å²) < 4.78 is 1.96. The van der Waals surface area contributed by atoms with Gasteiger partial charge in [-0.1, -0.05) is 11.6 Å². The fraction of sp³-hybridized carbons (Fsp3) is 0.333. The summed E-state index contributed by atoms with van der Waals surface area (Å²) in [6.45, 7) is 5.57. The monoisotopic (exact) mass is 266 g/mol. The van der Waals surface area contributed by atoms with Crippen LogP contribution in [0.5, 0.6) is 5.75 Å². The molecule has 0 aliphatic heterocycles. The lowest BCUT2D eigenvalue weighted by molar-refractivity contribution is 0.475. The van der Waals surface area contributed by atoms with Gasteiger partial charge in [0.2, 0.25) is 5.95 Å². The van der Waals surface area contributed by atoms with Crippen molar-refractivity contribution in [2.45, 2.75) is 20.4 Å². The molecular weight excluding hydrogens is 252 g/mol. The number of halogens is 1. The second-order valence-electron chi connectivity index (χ2n) is 3.79. The number of rotatable bonds is 4. The molecule has 2 aromatic rings. The van der Waals surface area contributed by atoms with Crippen LogP contribution in [0.15, 0.2) is 18.2 Å². The van der Waals surface area contributed by atoms with Gasteiger partial charge in [-0.15, -0.1) is 10.2 Å². The van der Waals surface area contributed by atoms with Gasteiger partial charge in [-0.25, -0.2) is 0 Å². The topological polar surface area (TPSA) is 63.0 Å². The summed E-state index contributed by atoms with van der Waals surface area (Å²) in [5.41, 5.74) is 0.830. The van der Waals surface area contributed by atoms with Crippen LogP contribution in [0.1, 0.15) is 13.8 Å². The van der Waals surface area contributed by atoms with Crippen molar-refractivity contribution < 1.29 is 5.11 Å². The van der Waals surface area contributed by atoms with Crippen molar-refractivity contribution in [3.63, 3.8) is 0 Å². The molecule has 96 valence electrons. The number of aromatic nitrogens is 3. The molecule has 0 amide bonds. The van der Waals surface area contributed by atoms with E-state index in [0.717, 1.165) is 30.4 Å². The van der Waals surface area contributed by atoms with E-state index in [1.165, 1.54) is 0 Å². The lowest BCUT2D eigenvalue weighted by Gasteiger charge is -2.08. The first-order chi connectivity index (χ1) is 8.67. The molecule has 0 fully saturated rings. The third-order valence-electron chi connectivity index (χ3n) is 2.61. The molecule has 0 unspecified atom stereocenters. The van der Waals surface area contributed by atoms with Crippen LogP contribution >= 0.6 is 11.6 Å². The number of hydrogen-bond donors (Lipinski definition) is 2. The number of benzene rings is 1. The quantitative estimate of drug-likeness (QED) is 0.893. The Morgan fingerprint density at radius 3 is 2.72 bits per heavy atom. The fourth-order valence-electron chi connectivity index (χ4n) is 1.75. The molecule has 2 rings (SSSR count). The molecule has 0 spiro atoms. The molecule has 5 nitrogen and oxygen atoms in total. The number of anilines is 1. The first-order valence-corrected chi connectivity index (χ1v) is 6.21. The molecule has 0 aliphatic carbocycles. The van der Waals surface area contributed by atoms with E-state index in [-0.39, 0.29) is 5.75 Å². The number of nitrogens with one attached hydrogen (secondary N) is 1. The van der Waals surface area contributed by atoms with Crippen molar-refractivity contribution >= 4 is 17.5 Å². The fourth-order valence-corrected chi connectivity index (χ4v) is 1.93. The van der Waals surface area contributed by atoms with Crippen LogP contribution in [-0.2, 0) is 6.54 Å². The summed E-state index contributed by atoms with van der Waals surface area (Å²) >= 11 is 5.90. The molecule has 0 bridgehead atoms. The van der Waals surface area contributed by atoms with Crippen molar-refractivity contribution in [1.29, 1.82) is 0 Å². The van der Waals surface area contributed by atoms with E-state index in [2.05, 4.69) is 15.5 Å². The van der Waals surface area contributed by atoms with Crippen molar-refractivity contribution in [1.82, 2.24) is 14.8 Å². The number of aromatic hydroxyl groups is 1. The van der Waals surface area contributed by atoms with Crippen LogP contribution in [0, 0.1) is 0 Å². The SMILES string of the molecule is CCNc1nnc(-c2ccc(O)c(Cl)c2)n1CC. The number of phenols is 1. The average Bonchev–Trinajstić information content (AvgIpc) is 2.76. The van der Waals surface area contributed by atoms with E-state index in [4.69, 9.17) is 11.6 Å². The second kappa shape index (κ2) is 5.27. The van der Waals surface area contributed by atoms with E-state index in [0.29, 0.717) is 5.02 Å². The molecule has 0 atom stereocenters. The van der Waals surface area contributed by atoms with Crippen molar-refractivity contribution in [3.8, 4) is 17.1 Å². The molecule has 1 aromatic carbocycles. The van der Waals surface area contributed by atoms with E-state index in [9.17, 15) is 5.11 Å². The summed E-state index contributed by atoms with van der Waals surface area (Å²) in [6.07, 6.45) is 0. The summed E-state index contributed by atoms with van der Waals surface area (Å²) in [5, 5.41) is 21.1. The molecule has 0 radical (unpaired) electrons. The lowest BCUT2D eigenvalue weighted by atomic mass is 10.2.